The molecule has 4 rings (SSSR count). The van der Waals surface area contributed by atoms with E-state index < -0.39 is 28.9 Å². The summed E-state index contributed by atoms with van der Waals surface area (Å²) in [7, 11) is 3.05. The smallest absolute Gasteiger partial charge is 0.408 e. The molecule has 0 bridgehead atoms. The van der Waals surface area contributed by atoms with Gasteiger partial charge in [-0.25, -0.2) is 23.3 Å². The first-order valence-electron chi connectivity index (χ1n) is 13.0. The number of benzene rings is 3. The summed E-state index contributed by atoms with van der Waals surface area (Å²) in [5.74, 6) is 0.719. The summed E-state index contributed by atoms with van der Waals surface area (Å²) in [4.78, 5) is 33.8. The molecule has 1 heterocycles. The topological polar surface area (TPSA) is 164 Å². The van der Waals surface area contributed by atoms with Gasteiger partial charge in [0.15, 0.2) is 11.6 Å². The molecule has 4 N–H and O–H groups in total. The molecule has 43 heavy (non-hydrogen) atoms. The van der Waals surface area contributed by atoms with E-state index in [9.17, 15) is 18.4 Å². The van der Waals surface area contributed by atoms with Gasteiger partial charge in [-0.05, 0) is 51.1 Å². The Kier molecular flexibility index (Phi) is 9.63. The van der Waals surface area contributed by atoms with Gasteiger partial charge in [0.05, 0.1) is 30.9 Å². The van der Waals surface area contributed by atoms with Gasteiger partial charge in [0.25, 0.3) is 11.3 Å². The molecule has 13 nitrogen and oxygen atoms in total. The first kappa shape index (κ1) is 31.0. The van der Waals surface area contributed by atoms with Gasteiger partial charge in [-0.3, -0.25) is 9.35 Å². The summed E-state index contributed by atoms with van der Waals surface area (Å²) < 4.78 is 40.2. The van der Waals surface area contributed by atoms with E-state index in [0.29, 0.717) is 33.9 Å². The van der Waals surface area contributed by atoms with Gasteiger partial charge in [-0.2, -0.15) is 0 Å². The van der Waals surface area contributed by atoms with Gasteiger partial charge in [0, 0.05) is 29.6 Å². The maximum Gasteiger partial charge on any atom is 0.408 e. The molecule has 2 amide bonds. The normalized spacial score (nSPS) is 11.8. The largest absolute Gasteiger partial charge is 0.497 e. The van der Waals surface area contributed by atoms with Crippen molar-refractivity contribution in [1.29, 1.82) is 0 Å². The van der Waals surface area contributed by atoms with E-state index in [1.54, 1.807) is 81.4 Å². The molecular formula is C29H32N6O7S. The molecule has 14 heteroatoms. The Labute approximate surface area is 251 Å². The minimum Gasteiger partial charge on any atom is -0.497 e. The van der Waals surface area contributed by atoms with E-state index in [1.807, 2.05) is 0 Å². The summed E-state index contributed by atoms with van der Waals surface area (Å²) >= 11 is -2.61. The summed E-state index contributed by atoms with van der Waals surface area (Å²) in [6.07, 6.45) is -0.734. The SMILES string of the molecule is COc1cc(Nc2nc3ccccc3nc2N(c2cccc(NC(=O)CNC(=O)OC(C)(C)C)c2)S(=O)O)cc(OC)c1. The lowest BCUT2D eigenvalue weighted by Gasteiger charge is -2.23. The Morgan fingerprint density at radius 3 is 2.16 bits per heavy atom. The highest BCUT2D eigenvalue weighted by atomic mass is 32.2. The Hall–Kier alpha value is -4.95. The number of nitrogens with one attached hydrogen (secondary N) is 3. The van der Waals surface area contributed by atoms with E-state index in [-0.39, 0.29) is 23.9 Å². The average molecular weight is 609 g/mol. The Balaban J connectivity index is 1.67. The summed E-state index contributed by atoms with van der Waals surface area (Å²) in [6.45, 7) is 4.79. The predicted molar refractivity (Wildman–Crippen MR) is 165 cm³/mol. The van der Waals surface area contributed by atoms with Crippen LogP contribution in [-0.2, 0) is 20.8 Å². The molecule has 0 aliphatic rings. The number of hydrogen-bond acceptors (Lipinski definition) is 9. The molecule has 0 saturated carbocycles. The number of hydrogen-bond donors (Lipinski definition) is 4. The summed E-state index contributed by atoms with van der Waals surface area (Å²) in [5, 5.41) is 8.21. The highest BCUT2D eigenvalue weighted by molar-refractivity contribution is 7.81. The number of amides is 2. The van der Waals surface area contributed by atoms with Crippen LogP contribution < -0.4 is 29.7 Å². The molecule has 1 unspecified atom stereocenters. The maximum atomic E-state index is 12.8. The molecule has 0 radical (unpaired) electrons. The molecule has 0 saturated heterocycles. The van der Waals surface area contributed by atoms with E-state index in [0.717, 1.165) is 4.31 Å². The molecule has 0 spiro atoms. The van der Waals surface area contributed by atoms with Crippen molar-refractivity contribution in [2.24, 2.45) is 0 Å². The first-order chi connectivity index (χ1) is 20.5. The van der Waals surface area contributed by atoms with E-state index in [2.05, 4.69) is 25.9 Å². The fourth-order valence-electron chi connectivity index (χ4n) is 3.90. The zero-order valence-electron chi connectivity index (χ0n) is 24.2. The quantitative estimate of drug-likeness (QED) is 0.177. The van der Waals surface area contributed by atoms with E-state index in [1.165, 1.54) is 20.3 Å². The molecular weight excluding hydrogens is 576 g/mol. The van der Waals surface area contributed by atoms with Gasteiger partial charge in [0.2, 0.25) is 5.91 Å². The van der Waals surface area contributed by atoms with Crippen LogP contribution in [0.25, 0.3) is 11.0 Å². The Morgan fingerprint density at radius 2 is 1.56 bits per heavy atom. The van der Waals surface area contributed by atoms with Gasteiger partial charge in [-0.15, -0.1) is 0 Å². The molecule has 4 aromatic rings. The van der Waals surface area contributed by atoms with Crippen LogP contribution >= 0.6 is 0 Å². The van der Waals surface area contributed by atoms with Gasteiger partial charge in [0.1, 0.15) is 23.6 Å². The van der Waals surface area contributed by atoms with Crippen molar-refractivity contribution in [2.45, 2.75) is 26.4 Å². The van der Waals surface area contributed by atoms with Gasteiger partial charge < -0.3 is 30.2 Å². The Morgan fingerprint density at radius 1 is 0.907 bits per heavy atom. The van der Waals surface area contributed by atoms with Crippen LogP contribution in [0.1, 0.15) is 20.8 Å². The number of rotatable bonds is 10. The highest BCUT2D eigenvalue weighted by Crippen LogP contribution is 2.36. The lowest BCUT2D eigenvalue weighted by atomic mass is 10.2. The monoisotopic (exact) mass is 608 g/mol. The van der Waals surface area contributed by atoms with Crippen molar-refractivity contribution in [1.82, 2.24) is 15.3 Å². The number of carbonyl (C=O) groups is 2. The molecule has 1 atom stereocenters. The second-order valence-corrected chi connectivity index (χ2v) is 10.9. The number of carbonyl (C=O) groups excluding carboxylic acids is 2. The molecule has 0 aliphatic carbocycles. The van der Waals surface area contributed by atoms with Crippen LogP contribution in [0.4, 0.5) is 33.5 Å². The standard InChI is InChI=1S/C29H32N6O7S/c1-29(2,3)42-28(37)30-17-25(36)31-18-9-8-10-20(13-18)35(43(38)39)27-26(33-23-11-6-7-12-24(23)34-27)32-19-14-21(40-4)16-22(15-19)41-5/h6-16H,17H2,1-5H3,(H,30,37)(H,31,36)(H,32,33)(H,38,39). The molecule has 3 aromatic carbocycles. The third-order valence-corrected chi connectivity index (χ3v) is 6.37. The fraction of sp³-hybridized carbons (Fsp3) is 0.241. The van der Waals surface area contributed by atoms with Gasteiger partial charge >= 0.3 is 6.09 Å². The molecule has 226 valence electrons. The number of nitrogens with zero attached hydrogens (tertiary/aromatic N) is 3. The van der Waals surface area contributed by atoms with Crippen molar-refractivity contribution < 1.29 is 32.6 Å². The number of alkyl carbamates (subject to hydrolysis) is 1. The number of fused-ring (bicyclic) bond motifs is 1. The lowest BCUT2D eigenvalue weighted by Crippen LogP contribution is -2.37. The predicted octanol–water partition coefficient (Wildman–Crippen LogP) is 5.13. The molecule has 0 fully saturated rings. The minimum absolute atomic E-state index is 0.0383. The average Bonchev–Trinajstić information content (AvgIpc) is 2.95. The number of ether oxygens (including phenoxy) is 3. The van der Waals surface area contributed by atoms with Crippen LogP contribution in [0.5, 0.6) is 11.5 Å². The number of anilines is 5. The van der Waals surface area contributed by atoms with Crippen LogP contribution in [0.2, 0.25) is 0 Å². The van der Waals surface area contributed by atoms with Crippen molar-refractivity contribution in [3.05, 3.63) is 66.7 Å². The van der Waals surface area contributed by atoms with Crippen molar-refractivity contribution >= 4 is 63.0 Å². The molecule has 0 aliphatic heterocycles. The van der Waals surface area contributed by atoms with E-state index >= 15 is 0 Å². The maximum absolute atomic E-state index is 12.8. The highest BCUT2D eigenvalue weighted by Gasteiger charge is 2.24. The van der Waals surface area contributed by atoms with Crippen molar-refractivity contribution in [3.63, 3.8) is 0 Å². The van der Waals surface area contributed by atoms with E-state index in [4.69, 9.17) is 14.2 Å². The zero-order chi connectivity index (χ0) is 31.1. The second kappa shape index (κ2) is 13.4. The first-order valence-corrected chi connectivity index (χ1v) is 14.1. The van der Waals surface area contributed by atoms with Crippen LogP contribution in [-0.4, -0.2) is 57.1 Å². The number of aromatic nitrogens is 2. The number of para-hydroxylation sites is 2. The number of methoxy groups -OCH3 is 2. The van der Waals surface area contributed by atoms with Crippen molar-refractivity contribution in [3.8, 4) is 11.5 Å². The Bertz CT molecular complexity index is 1640. The van der Waals surface area contributed by atoms with Crippen LogP contribution in [0, 0.1) is 0 Å². The lowest BCUT2D eigenvalue weighted by molar-refractivity contribution is -0.115. The van der Waals surface area contributed by atoms with Gasteiger partial charge in [-0.1, -0.05) is 18.2 Å². The third-order valence-electron chi connectivity index (χ3n) is 5.67. The summed E-state index contributed by atoms with van der Waals surface area (Å²) in [6, 6.07) is 18.5. The summed E-state index contributed by atoms with van der Waals surface area (Å²) in [5.41, 5.74) is 1.39. The van der Waals surface area contributed by atoms with Crippen LogP contribution in [0.15, 0.2) is 66.7 Å². The third kappa shape index (κ3) is 8.30. The molecule has 1 aromatic heterocycles. The van der Waals surface area contributed by atoms with Crippen LogP contribution in [0.3, 0.4) is 0 Å². The van der Waals surface area contributed by atoms with Crippen molar-refractivity contribution in [2.75, 3.05) is 35.7 Å². The second-order valence-electron chi connectivity index (χ2n) is 10.1. The minimum atomic E-state index is -2.61. The fourth-order valence-corrected chi connectivity index (χ4v) is 4.47. The zero-order valence-corrected chi connectivity index (χ0v) is 25.0.